The minimum Gasteiger partial charge on any atom is -0.434 e. The van der Waals surface area contributed by atoms with Crippen LogP contribution in [-0.2, 0) is 16.0 Å². The Kier molecular flexibility index (Phi) is 2.37. The summed E-state index contributed by atoms with van der Waals surface area (Å²) in [4.78, 5) is 22.4. The fourth-order valence-electron chi connectivity index (χ4n) is 1.60. The standard InChI is InChI=1S/C12H10O3/c1-8(13)15-7-10-6-9-4-2-3-5-11(9)12(10)14/h2-5,7H,6H2,1H3/b10-7-. The second-order valence-corrected chi connectivity index (χ2v) is 3.42. The molecule has 3 heteroatoms. The smallest absolute Gasteiger partial charge is 0.307 e. The number of benzene rings is 1. The minimum absolute atomic E-state index is 0.0492. The molecular formula is C12H10O3. The lowest BCUT2D eigenvalue weighted by molar-refractivity contribution is -0.135. The summed E-state index contributed by atoms with van der Waals surface area (Å²) in [5.74, 6) is -0.460. The lowest BCUT2D eigenvalue weighted by Crippen LogP contribution is -1.98. The molecule has 0 bridgehead atoms. The molecule has 0 spiro atoms. The summed E-state index contributed by atoms with van der Waals surface area (Å²) < 4.78 is 4.71. The van der Waals surface area contributed by atoms with Crippen LogP contribution in [0.4, 0.5) is 0 Å². The van der Waals surface area contributed by atoms with Crippen molar-refractivity contribution in [2.24, 2.45) is 0 Å². The lowest BCUT2D eigenvalue weighted by Gasteiger charge is -1.94. The molecule has 0 saturated heterocycles. The van der Waals surface area contributed by atoms with Gasteiger partial charge in [-0.15, -0.1) is 0 Å². The van der Waals surface area contributed by atoms with Crippen LogP contribution in [0.25, 0.3) is 0 Å². The van der Waals surface area contributed by atoms with Gasteiger partial charge in [0.15, 0.2) is 5.78 Å². The molecular weight excluding hydrogens is 192 g/mol. The summed E-state index contributed by atoms with van der Waals surface area (Å²) in [6, 6.07) is 7.40. The van der Waals surface area contributed by atoms with Gasteiger partial charge in [-0.3, -0.25) is 9.59 Å². The average molecular weight is 202 g/mol. The molecule has 0 N–H and O–H groups in total. The lowest BCUT2D eigenvalue weighted by atomic mass is 10.1. The fraction of sp³-hybridized carbons (Fsp3) is 0.167. The van der Waals surface area contributed by atoms with Crippen LogP contribution in [0.15, 0.2) is 36.1 Å². The van der Waals surface area contributed by atoms with Gasteiger partial charge in [0.05, 0.1) is 0 Å². The first kappa shape index (κ1) is 9.65. The van der Waals surface area contributed by atoms with E-state index in [1.807, 2.05) is 18.2 Å². The Bertz CT molecular complexity index is 458. The molecule has 0 radical (unpaired) electrons. The summed E-state index contributed by atoms with van der Waals surface area (Å²) in [7, 11) is 0. The zero-order valence-corrected chi connectivity index (χ0v) is 8.32. The second kappa shape index (κ2) is 3.69. The minimum atomic E-state index is -0.411. The Hall–Kier alpha value is -1.90. The highest BCUT2D eigenvalue weighted by atomic mass is 16.5. The van der Waals surface area contributed by atoms with Crippen LogP contribution >= 0.6 is 0 Å². The zero-order chi connectivity index (χ0) is 10.8. The van der Waals surface area contributed by atoms with Crippen LogP contribution in [0.3, 0.4) is 0 Å². The van der Waals surface area contributed by atoms with Gasteiger partial charge in [-0.05, 0) is 5.56 Å². The first-order valence-corrected chi connectivity index (χ1v) is 4.67. The Balaban J connectivity index is 2.27. The summed E-state index contributed by atoms with van der Waals surface area (Å²) in [5.41, 5.74) is 2.23. The Morgan fingerprint density at radius 3 is 2.80 bits per heavy atom. The molecule has 0 saturated carbocycles. The van der Waals surface area contributed by atoms with Crippen LogP contribution in [0.5, 0.6) is 0 Å². The first-order chi connectivity index (χ1) is 7.18. The summed E-state index contributed by atoms with van der Waals surface area (Å²) in [6.45, 7) is 1.31. The van der Waals surface area contributed by atoms with E-state index in [0.29, 0.717) is 17.6 Å². The molecule has 0 atom stereocenters. The van der Waals surface area contributed by atoms with Crippen molar-refractivity contribution in [1.29, 1.82) is 0 Å². The third-order valence-electron chi connectivity index (χ3n) is 2.30. The van der Waals surface area contributed by atoms with E-state index >= 15 is 0 Å². The van der Waals surface area contributed by atoms with Crippen molar-refractivity contribution in [2.45, 2.75) is 13.3 Å². The number of allylic oxidation sites excluding steroid dienone is 1. The molecule has 1 aliphatic rings. The number of hydrogen-bond donors (Lipinski definition) is 0. The summed E-state index contributed by atoms with van der Waals surface area (Å²) in [5, 5.41) is 0. The number of fused-ring (bicyclic) bond motifs is 1. The third-order valence-corrected chi connectivity index (χ3v) is 2.30. The fourth-order valence-corrected chi connectivity index (χ4v) is 1.60. The number of ether oxygens (including phenoxy) is 1. The number of hydrogen-bond acceptors (Lipinski definition) is 3. The number of carbonyl (C=O) groups is 2. The molecule has 0 amide bonds. The topological polar surface area (TPSA) is 43.4 Å². The molecule has 0 aliphatic heterocycles. The largest absolute Gasteiger partial charge is 0.434 e. The van der Waals surface area contributed by atoms with Gasteiger partial charge in [0.2, 0.25) is 0 Å². The Labute approximate surface area is 87.4 Å². The predicted molar refractivity (Wildman–Crippen MR) is 54.3 cm³/mol. The molecule has 2 rings (SSSR count). The highest BCUT2D eigenvalue weighted by Gasteiger charge is 2.24. The van der Waals surface area contributed by atoms with E-state index in [4.69, 9.17) is 4.74 Å². The first-order valence-electron chi connectivity index (χ1n) is 4.67. The normalized spacial score (nSPS) is 16.6. The van der Waals surface area contributed by atoms with Gasteiger partial charge in [-0.1, -0.05) is 24.3 Å². The van der Waals surface area contributed by atoms with Gasteiger partial charge in [-0.25, -0.2) is 0 Å². The quantitative estimate of drug-likeness (QED) is 0.396. The van der Waals surface area contributed by atoms with Crippen molar-refractivity contribution in [1.82, 2.24) is 0 Å². The number of esters is 1. The summed E-state index contributed by atoms with van der Waals surface area (Å²) >= 11 is 0. The highest BCUT2D eigenvalue weighted by molar-refractivity contribution is 6.13. The molecule has 76 valence electrons. The molecule has 0 unspecified atom stereocenters. The van der Waals surface area contributed by atoms with Crippen LogP contribution in [-0.4, -0.2) is 11.8 Å². The second-order valence-electron chi connectivity index (χ2n) is 3.42. The SMILES string of the molecule is CC(=O)O/C=C1/Cc2ccccc2C1=O. The van der Waals surface area contributed by atoms with E-state index in [2.05, 4.69) is 0 Å². The van der Waals surface area contributed by atoms with E-state index in [-0.39, 0.29) is 5.78 Å². The molecule has 15 heavy (non-hydrogen) atoms. The number of carbonyl (C=O) groups excluding carboxylic acids is 2. The van der Waals surface area contributed by atoms with E-state index in [0.717, 1.165) is 5.56 Å². The summed E-state index contributed by atoms with van der Waals surface area (Å²) in [6.07, 6.45) is 1.80. The van der Waals surface area contributed by atoms with Crippen molar-refractivity contribution in [3.05, 3.63) is 47.2 Å². The van der Waals surface area contributed by atoms with Crippen LogP contribution in [0.2, 0.25) is 0 Å². The van der Waals surface area contributed by atoms with Gasteiger partial charge in [0, 0.05) is 24.5 Å². The van der Waals surface area contributed by atoms with E-state index in [1.165, 1.54) is 13.2 Å². The van der Waals surface area contributed by atoms with Crippen molar-refractivity contribution >= 4 is 11.8 Å². The molecule has 3 nitrogen and oxygen atoms in total. The Morgan fingerprint density at radius 1 is 1.40 bits per heavy atom. The van der Waals surface area contributed by atoms with Crippen molar-refractivity contribution in [3.63, 3.8) is 0 Å². The average Bonchev–Trinajstić information content (AvgIpc) is 2.54. The van der Waals surface area contributed by atoms with Crippen LogP contribution in [0, 0.1) is 0 Å². The van der Waals surface area contributed by atoms with Crippen molar-refractivity contribution < 1.29 is 14.3 Å². The van der Waals surface area contributed by atoms with Crippen molar-refractivity contribution in [2.75, 3.05) is 0 Å². The zero-order valence-electron chi connectivity index (χ0n) is 8.32. The Morgan fingerprint density at radius 2 is 2.13 bits per heavy atom. The van der Waals surface area contributed by atoms with Gasteiger partial charge in [0.25, 0.3) is 0 Å². The molecule has 0 aromatic heterocycles. The molecule has 1 aromatic rings. The third kappa shape index (κ3) is 1.81. The number of ketones is 1. The van der Waals surface area contributed by atoms with Crippen molar-refractivity contribution in [3.8, 4) is 0 Å². The van der Waals surface area contributed by atoms with Crippen LogP contribution < -0.4 is 0 Å². The number of rotatable bonds is 1. The van der Waals surface area contributed by atoms with Crippen LogP contribution in [0.1, 0.15) is 22.8 Å². The van der Waals surface area contributed by atoms with Gasteiger partial charge in [0.1, 0.15) is 6.26 Å². The van der Waals surface area contributed by atoms with E-state index in [9.17, 15) is 9.59 Å². The monoisotopic (exact) mass is 202 g/mol. The van der Waals surface area contributed by atoms with Gasteiger partial charge < -0.3 is 4.74 Å². The highest BCUT2D eigenvalue weighted by Crippen LogP contribution is 2.25. The predicted octanol–water partition coefficient (Wildman–Crippen LogP) is 1.87. The van der Waals surface area contributed by atoms with Gasteiger partial charge in [-0.2, -0.15) is 0 Å². The number of Topliss-reactive ketones (excluding diaryl/α,β-unsaturated/α-hetero) is 1. The molecule has 1 aromatic carbocycles. The maximum absolute atomic E-state index is 11.7. The van der Waals surface area contributed by atoms with E-state index < -0.39 is 5.97 Å². The molecule has 0 heterocycles. The maximum Gasteiger partial charge on any atom is 0.307 e. The molecule has 1 aliphatic carbocycles. The van der Waals surface area contributed by atoms with Gasteiger partial charge >= 0.3 is 5.97 Å². The molecule has 0 fully saturated rings. The maximum atomic E-state index is 11.7. The van der Waals surface area contributed by atoms with E-state index in [1.54, 1.807) is 6.07 Å².